The van der Waals surface area contributed by atoms with E-state index in [4.69, 9.17) is 11.6 Å². The third-order valence-corrected chi connectivity index (χ3v) is 10.9. The molecule has 4 nitrogen and oxygen atoms in total. The lowest BCUT2D eigenvalue weighted by Gasteiger charge is -2.34. The van der Waals surface area contributed by atoms with Gasteiger partial charge in [0.05, 0.1) is 0 Å². The van der Waals surface area contributed by atoms with Crippen LogP contribution in [0.25, 0.3) is 0 Å². The van der Waals surface area contributed by atoms with E-state index in [9.17, 15) is 17.2 Å². The van der Waals surface area contributed by atoms with Gasteiger partial charge in [-0.25, -0.2) is 17.2 Å². The number of rotatable bonds is 8. The molecule has 10 heteroatoms. The smallest absolute Gasteiger partial charge is 0.252 e. The van der Waals surface area contributed by atoms with Crippen LogP contribution in [0.2, 0.25) is 4.34 Å². The lowest BCUT2D eigenvalue weighted by Crippen LogP contribution is -2.48. The summed E-state index contributed by atoms with van der Waals surface area (Å²) < 4.78 is 55.5. The Bertz CT molecular complexity index is 1150. The second-order valence-electron chi connectivity index (χ2n) is 8.23. The molecule has 1 aromatic heterocycles. The highest BCUT2D eigenvalue weighted by molar-refractivity contribution is 9.10. The molecule has 2 aromatic carbocycles. The fourth-order valence-electron chi connectivity index (χ4n) is 4.21. The summed E-state index contributed by atoms with van der Waals surface area (Å²) in [6.45, 7) is 2.97. The summed E-state index contributed by atoms with van der Waals surface area (Å²) in [5, 5.41) is 0. The van der Waals surface area contributed by atoms with Gasteiger partial charge in [-0.15, -0.1) is 11.3 Å². The summed E-state index contributed by atoms with van der Waals surface area (Å²) in [6.07, 6.45) is 1.69. The molecule has 0 N–H and O–H groups in total. The molecule has 1 saturated heterocycles. The average Bonchev–Trinajstić information content (AvgIpc) is 3.18. The molecule has 182 valence electrons. The van der Waals surface area contributed by atoms with E-state index in [-0.39, 0.29) is 21.8 Å². The Morgan fingerprint density at radius 2 is 1.47 bits per heavy atom. The van der Waals surface area contributed by atoms with E-state index in [1.165, 1.54) is 28.6 Å². The summed E-state index contributed by atoms with van der Waals surface area (Å²) in [4.78, 5) is 2.26. The molecule has 0 unspecified atom stereocenters. The number of benzene rings is 2. The van der Waals surface area contributed by atoms with Crippen molar-refractivity contribution in [3.05, 3.63) is 86.2 Å². The first-order chi connectivity index (χ1) is 16.2. The van der Waals surface area contributed by atoms with Gasteiger partial charge in [0.2, 0.25) is 0 Å². The molecular formula is C24H24BrClF2N2O2S2. The van der Waals surface area contributed by atoms with Crippen molar-refractivity contribution in [2.45, 2.75) is 23.0 Å². The number of sulfonamides is 1. The Morgan fingerprint density at radius 3 is 1.94 bits per heavy atom. The lowest BCUT2D eigenvalue weighted by atomic mass is 9.87. The Kier molecular flexibility index (Phi) is 8.43. The summed E-state index contributed by atoms with van der Waals surface area (Å²) in [6, 6.07) is 14.5. The topological polar surface area (TPSA) is 40.6 Å². The molecule has 4 rings (SSSR count). The quantitative estimate of drug-likeness (QED) is 0.307. The molecule has 34 heavy (non-hydrogen) atoms. The zero-order valence-corrected chi connectivity index (χ0v) is 22.2. The minimum Gasteiger partial charge on any atom is -0.301 e. The Labute approximate surface area is 216 Å². The first-order valence-corrected chi connectivity index (χ1v) is 14.3. The SMILES string of the molecule is O=S(=O)(c1cc(Br)c(Cl)s1)N1CCN(CCCC(c2ccc(F)cc2)c2ccc(F)cc2)CC1. The molecule has 1 aliphatic heterocycles. The largest absolute Gasteiger partial charge is 0.301 e. The normalized spacial score (nSPS) is 15.8. The van der Waals surface area contributed by atoms with Gasteiger partial charge in [-0.1, -0.05) is 35.9 Å². The molecule has 3 aromatic rings. The van der Waals surface area contributed by atoms with Crippen molar-refractivity contribution in [2.24, 2.45) is 0 Å². The third-order valence-electron chi connectivity index (χ3n) is 6.06. The molecule has 0 radical (unpaired) electrons. The second-order valence-corrected chi connectivity index (χ2v) is 12.9. The number of hydrogen-bond acceptors (Lipinski definition) is 4. The summed E-state index contributed by atoms with van der Waals surface area (Å²) in [5.41, 5.74) is 1.98. The van der Waals surface area contributed by atoms with Crippen LogP contribution in [0.1, 0.15) is 29.9 Å². The van der Waals surface area contributed by atoms with Gasteiger partial charge in [0.15, 0.2) is 0 Å². The minimum absolute atomic E-state index is 0.0323. The minimum atomic E-state index is -3.55. The Hall–Kier alpha value is -1.36. The van der Waals surface area contributed by atoms with E-state index in [0.717, 1.165) is 41.9 Å². The van der Waals surface area contributed by atoms with E-state index in [1.54, 1.807) is 30.3 Å². The van der Waals surface area contributed by atoms with Crippen molar-refractivity contribution in [1.82, 2.24) is 9.21 Å². The predicted octanol–water partition coefficient (Wildman–Crippen LogP) is 6.36. The van der Waals surface area contributed by atoms with E-state index in [2.05, 4.69) is 20.8 Å². The monoisotopic (exact) mass is 588 g/mol. The van der Waals surface area contributed by atoms with Crippen LogP contribution in [-0.2, 0) is 10.0 Å². The predicted molar refractivity (Wildman–Crippen MR) is 136 cm³/mol. The maximum atomic E-state index is 13.4. The fraction of sp³-hybridized carbons (Fsp3) is 0.333. The second kappa shape index (κ2) is 11.1. The first-order valence-electron chi connectivity index (χ1n) is 10.9. The standard InChI is InChI=1S/C24H24BrClF2N2O2S2/c25-22-16-23(33-24(22)26)34(31,32)30-14-12-29(13-15-30)11-1-2-21(17-3-7-19(27)8-4-17)18-5-9-20(28)10-6-18/h3-10,16,21H,1-2,11-15H2. The van der Waals surface area contributed by atoms with Crippen molar-refractivity contribution in [2.75, 3.05) is 32.7 Å². The zero-order chi connectivity index (χ0) is 24.3. The van der Waals surface area contributed by atoms with Gasteiger partial charge in [-0.05, 0) is 76.8 Å². The van der Waals surface area contributed by atoms with E-state index < -0.39 is 10.0 Å². The van der Waals surface area contributed by atoms with E-state index in [1.807, 2.05) is 0 Å². The highest BCUT2D eigenvalue weighted by Gasteiger charge is 2.30. The molecule has 0 saturated carbocycles. The molecule has 0 spiro atoms. The van der Waals surface area contributed by atoms with Gasteiger partial charge in [0.1, 0.15) is 20.2 Å². The summed E-state index contributed by atoms with van der Waals surface area (Å²) >= 11 is 10.4. The fourth-order valence-corrected chi connectivity index (χ4v) is 8.09. The molecule has 2 heterocycles. The maximum absolute atomic E-state index is 13.4. The maximum Gasteiger partial charge on any atom is 0.252 e. The van der Waals surface area contributed by atoms with Gasteiger partial charge in [0.25, 0.3) is 10.0 Å². The van der Waals surface area contributed by atoms with Crippen LogP contribution in [0.4, 0.5) is 8.78 Å². The van der Waals surface area contributed by atoms with Crippen LogP contribution >= 0.6 is 38.9 Å². The first kappa shape index (κ1) is 25.7. The molecule has 0 aliphatic carbocycles. The van der Waals surface area contributed by atoms with Crippen LogP contribution < -0.4 is 0 Å². The zero-order valence-electron chi connectivity index (χ0n) is 18.3. The van der Waals surface area contributed by atoms with Crippen LogP contribution in [0, 0.1) is 11.6 Å². The number of halogens is 4. The number of nitrogens with zero attached hydrogens (tertiary/aromatic N) is 2. The number of hydrogen-bond donors (Lipinski definition) is 0. The molecule has 0 bridgehead atoms. The van der Waals surface area contributed by atoms with E-state index >= 15 is 0 Å². The highest BCUT2D eigenvalue weighted by Crippen LogP contribution is 2.36. The average molecular weight is 590 g/mol. The Morgan fingerprint density at radius 1 is 0.941 bits per heavy atom. The van der Waals surface area contributed by atoms with Crippen molar-refractivity contribution < 1.29 is 17.2 Å². The molecule has 1 fully saturated rings. The van der Waals surface area contributed by atoms with Gasteiger partial charge < -0.3 is 4.90 Å². The summed E-state index contributed by atoms with van der Waals surface area (Å²) in [5.74, 6) is -0.539. The van der Waals surface area contributed by atoms with Crippen molar-refractivity contribution >= 4 is 48.9 Å². The van der Waals surface area contributed by atoms with Crippen molar-refractivity contribution in [3.63, 3.8) is 0 Å². The van der Waals surface area contributed by atoms with Crippen molar-refractivity contribution in [3.8, 4) is 0 Å². The highest BCUT2D eigenvalue weighted by atomic mass is 79.9. The number of piperazine rings is 1. The van der Waals surface area contributed by atoms with Crippen LogP contribution in [0.15, 0.2) is 63.3 Å². The lowest BCUT2D eigenvalue weighted by molar-refractivity contribution is 0.185. The van der Waals surface area contributed by atoms with Crippen LogP contribution in [0.5, 0.6) is 0 Å². The van der Waals surface area contributed by atoms with Gasteiger partial charge >= 0.3 is 0 Å². The Balaban J connectivity index is 1.35. The van der Waals surface area contributed by atoms with Crippen molar-refractivity contribution in [1.29, 1.82) is 0 Å². The van der Waals surface area contributed by atoms with E-state index in [0.29, 0.717) is 35.0 Å². The third kappa shape index (κ3) is 6.06. The van der Waals surface area contributed by atoms with Gasteiger partial charge in [0, 0.05) is 36.6 Å². The molecular weight excluding hydrogens is 566 g/mol. The van der Waals surface area contributed by atoms with Gasteiger partial charge in [-0.3, -0.25) is 0 Å². The molecule has 0 atom stereocenters. The van der Waals surface area contributed by atoms with Gasteiger partial charge in [-0.2, -0.15) is 4.31 Å². The molecule has 0 amide bonds. The van der Waals surface area contributed by atoms with Crippen LogP contribution in [-0.4, -0.2) is 50.3 Å². The molecule has 1 aliphatic rings. The summed E-state index contributed by atoms with van der Waals surface area (Å²) in [7, 11) is -3.55. The van der Waals surface area contributed by atoms with Crippen LogP contribution in [0.3, 0.4) is 0 Å². The number of thiophene rings is 1.